The van der Waals surface area contributed by atoms with Gasteiger partial charge in [-0.2, -0.15) is 0 Å². The lowest BCUT2D eigenvalue weighted by molar-refractivity contribution is 0.383. The Morgan fingerprint density at radius 1 is 1.17 bits per heavy atom. The van der Waals surface area contributed by atoms with E-state index in [-0.39, 0.29) is 0 Å². The van der Waals surface area contributed by atoms with Gasteiger partial charge in [0, 0.05) is 6.54 Å². The molecular formula is C11H17N. The van der Waals surface area contributed by atoms with Crippen LogP contribution in [-0.4, -0.2) is 25.5 Å². The number of benzene rings is 1. The fourth-order valence-corrected chi connectivity index (χ4v) is 1.43. The van der Waals surface area contributed by atoms with E-state index in [1.54, 1.807) is 0 Å². The first-order chi connectivity index (χ1) is 5.70. The fourth-order valence-electron chi connectivity index (χ4n) is 1.43. The molecule has 0 saturated heterocycles. The lowest BCUT2D eigenvalue weighted by atomic mass is 10.0. The van der Waals surface area contributed by atoms with Gasteiger partial charge in [-0.15, -0.1) is 0 Å². The number of nitrogens with zero attached hydrogens (tertiary/aromatic N) is 1. The van der Waals surface area contributed by atoms with Crippen LogP contribution in [0.4, 0.5) is 0 Å². The molecule has 1 heteroatoms. The molecule has 12 heavy (non-hydrogen) atoms. The highest BCUT2D eigenvalue weighted by molar-refractivity contribution is 5.18. The van der Waals surface area contributed by atoms with Gasteiger partial charge in [0.25, 0.3) is 0 Å². The van der Waals surface area contributed by atoms with Crippen LogP contribution in [0, 0.1) is 0 Å². The molecule has 1 nitrogen and oxygen atoms in total. The highest BCUT2D eigenvalue weighted by atomic mass is 15.1. The molecule has 0 saturated carbocycles. The molecule has 0 aliphatic heterocycles. The summed E-state index contributed by atoms with van der Waals surface area (Å²) in [4.78, 5) is 2.22. The van der Waals surface area contributed by atoms with E-state index in [1.807, 2.05) is 0 Å². The monoisotopic (exact) mass is 163 g/mol. The molecule has 0 aromatic heterocycles. The van der Waals surface area contributed by atoms with Crippen molar-refractivity contribution in [2.75, 3.05) is 20.6 Å². The number of hydrogen-bond donors (Lipinski definition) is 0. The Kier molecular flexibility index (Phi) is 3.30. The summed E-state index contributed by atoms with van der Waals surface area (Å²) in [6.07, 6.45) is 0. The lowest BCUT2D eigenvalue weighted by Gasteiger charge is -2.16. The first kappa shape index (κ1) is 9.27. The van der Waals surface area contributed by atoms with E-state index in [1.165, 1.54) is 5.56 Å². The molecule has 0 unspecified atom stereocenters. The van der Waals surface area contributed by atoms with Crippen molar-refractivity contribution in [2.24, 2.45) is 0 Å². The number of rotatable bonds is 3. The molecule has 0 aliphatic carbocycles. The van der Waals surface area contributed by atoms with E-state index < -0.39 is 0 Å². The average Bonchev–Trinajstić information content (AvgIpc) is 2.05. The Balaban J connectivity index is 2.59. The molecule has 0 fully saturated rings. The van der Waals surface area contributed by atoms with Crippen molar-refractivity contribution >= 4 is 0 Å². The van der Waals surface area contributed by atoms with Gasteiger partial charge in [0.05, 0.1) is 0 Å². The van der Waals surface area contributed by atoms with E-state index >= 15 is 0 Å². The topological polar surface area (TPSA) is 3.24 Å². The van der Waals surface area contributed by atoms with Crippen molar-refractivity contribution < 1.29 is 0 Å². The van der Waals surface area contributed by atoms with E-state index in [9.17, 15) is 0 Å². The molecular weight excluding hydrogens is 146 g/mol. The molecule has 0 bridgehead atoms. The predicted octanol–water partition coefficient (Wildman–Crippen LogP) is 2.35. The van der Waals surface area contributed by atoms with Crippen LogP contribution in [0.5, 0.6) is 0 Å². The van der Waals surface area contributed by atoms with Crippen LogP contribution < -0.4 is 0 Å². The first-order valence-corrected chi connectivity index (χ1v) is 4.40. The van der Waals surface area contributed by atoms with Gasteiger partial charge in [-0.3, -0.25) is 0 Å². The minimum atomic E-state index is 0.626. The second-order valence-corrected chi connectivity index (χ2v) is 3.57. The Bertz CT molecular complexity index is 216. The average molecular weight is 163 g/mol. The van der Waals surface area contributed by atoms with E-state index in [4.69, 9.17) is 0 Å². The van der Waals surface area contributed by atoms with Gasteiger partial charge in [-0.25, -0.2) is 0 Å². The largest absolute Gasteiger partial charge is 0.309 e. The molecule has 0 spiro atoms. The van der Waals surface area contributed by atoms with Crippen LogP contribution in [0.25, 0.3) is 0 Å². The Labute approximate surface area is 75.0 Å². The summed E-state index contributed by atoms with van der Waals surface area (Å²) in [5.74, 6) is 0.626. The molecule has 66 valence electrons. The Morgan fingerprint density at radius 2 is 1.75 bits per heavy atom. The van der Waals surface area contributed by atoms with Crippen LogP contribution in [0.2, 0.25) is 0 Å². The van der Waals surface area contributed by atoms with Gasteiger partial charge in [0.1, 0.15) is 0 Å². The smallest absolute Gasteiger partial charge is 0.00415 e. The zero-order valence-electron chi connectivity index (χ0n) is 8.12. The molecule has 0 N–H and O–H groups in total. The lowest BCUT2D eigenvalue weighted by Crippen LogP contribution is -2.18. The second kappa shape index (κ2) is 4.27. The fraction of sp³-hybridized carbons (Fsp3) is 0.455. The number of likely N-dealkylation sites (N-methyl/N-ethyl adjacent to an activating group) is 1. The predicted molar refractivity (Wildman–Crippen MR) is 53.4 cm³/mol. The van der Waals surface area contributed by atoms with E-state index in [2.05, 4.69) is 56.3 Å². The standard InChI is InChI=1S/C11H17N/c1-10(9-12(2)3)11-7-5-4-6-8-11/h4-8,10H,9H2,1-3H3/t10-/m1/s1. The normalized spacial score (nSPS) is 13.3. The van der Waals surface area contributed by atoms with Crippen molar-refractivity contribution in [1.29, 1.82) is 0 Å². The van der Waals surface area contributed by atoms with E-state index in [0.717, 1.165) is 6.54 Å². The first-order valence-electron chi connectivity index (χ1n) is 4.40. The van der Waals surface area contributed by atoms with Gasteiger partial charge in [-0.1, -0.05) is 37.3 Å². The maximum absolute atomic E-state index is 2.26. The quantitative estimate of drug-likeness (QED) is 0.661. The van der Waals surface area contributed by atoms with Crippen molar-refractivity contribution in [3.8, 4) is 0 Å². The van der Waals surface area contributed by atoms with Gasteiger partial charge in [-0.05, 0) is 25.6 Å². The van der Waals surface area contributed by atoms with Crippen LogP contribution in [0.1, 0.15) is 18.4 Å². The molecule has 1 aromatic carbocycles. The van der Waals surface area contributed by atoms with Crippen LogP contribution in [0.15, 0.2) is 30.3 Å². The summed E-state index contributed by atoms with van der Waals surface area (Å²) in [6, 6.07) is 10.6. The summed E-state index contributed by atoms with van der Waals surface area (Å²) in [6.45, 7) is 3.37. The maximum atomic E-state index is 2.26. The highest BCUT2D eigenvalue weighted by Crippen LogP contribution is 2.14. The highest BCUT2D eigenvalue weighted by Gasteiger charge is 2.04. The van der Waals surface area contributed by atoms with E-state index in [0.29, 0.717) is 5.92 Å². The Morgan fingerprint density at radius 3 is 2.25 bits per heavy atom. The second-order valence-electron chi connectivity index (χ2n) is 3.57. The summed E-state index contributed by atoms with van der Waals surface area (Å²) in [5.41, 5.74) is 1.42. The van der Waals surface area contributed by atoms with Gasteiger partial charge in [0.15, 0.2) is 0 Å². The minimum absolute atomic E-state index is 0.626. The van der Waals surface area contributed by atoms with Gasteiger partial charge < -0.3 is 4.90 Å². The van der Waals surface area contributed by atoms with Crippen molar-refractivity contribution in [3.05, 3.63) is 35.9 Å². The summed E-state index contributed by atoms with van der Waals surface area (Å²) >= 11 is 0. The zero-order valence-corrected chi connectivity index (χ0v) is 8.12. The third-order valence-corrected chi connectivity index (χ3v) is 2.01. The maximum Gasteiger partial charge on any atom is 0.00415 e. The zero-order chi connectivity index (χ0) is 8.97. The summed E-state index contributed by atoms with van der Waals surface area (Å²) < 4.78 is 0. The molecule has 0 radical (unpaired) electrons. The van der Waals surface area contributed by atoms with Crippen LogP contribution in [-0.2, 0) is 0 Å². The van der Waals surface area contributed by atoms with Crippen molar-refractivity contribution in [2.45, 2.75) is 12.8 Å². The molecule has 1 rings (SSSR count). The van der Waals surface area contributed by atoms with Crippen molar-refractivity contribution in [1.82, 2.24) is 4.90 Å². The molecule has 0 amide bonds. The summed E-state index contributed by atoms with van der Waals surface area (Å²) in [5, 5.41) is 0. The molecule has 0 heterocycles. The van der Waals surface area contributed by atoms with Crippen LogP contribution >= 0.6 is 0 Å². The Hall–Kier alpha value is -0.820. The number of hydrogen-bond acceptors (Lipinski definition) is 1. The van der Waals surface area contributed by atoms with Crippen molar-refractivity contribution in [3.63, 3.8) is 0 Å². The minimum Gasteiger partial charge on any atom is -0.309 e. The third-order valence-electron chi connectivity index (χ3n) is 2.01. The SMILES string of the molecule is C[C@H](CN(C)C)c1ccccc1. The van der Waals surface area contributed by atoms with Gasteiger partial charge in [0.2, 0.25) is 0 Å². The molecule has 1 aromatic rings. The van der Waals surface area contributed by atoms with Gasteiger partial charge >= 0.3 is 0 Å². The van der Waals surface area contributed by atoms with Crippen LogP contribution in [0.3, 0.4) is 0 Å². The molecule has 1 atom stereocenters. The summed E-state index contributed by atoms with van der Waals surface area (Å²) in [7, 11) is 4.22. The third kappa shape index (κ3) is 2.67. The molecule has 0 aliphatic rings.